The maximum atomic E-state index is 5.73. The second-order valence-electron chi connectivity index (χ2n) is 4.78. The van der Waals surface area contributed by atoms with Crippen molar-refractivity contribution < 1.29 is 4.74 Å². The second-order valence-corrected chi connectivity index (χ2v) is 8.23. The van der Waals surface area contributed by atoms with Crippen LogP contribution in [0.4, 0.5) is 0 Å². The molecular formula is C14H12N6OS3. The van der Waals surface area contributed by atoms with Gasteiger partial charge in [-0.2, -0.15) is 9.61 Å². The van der Waals surface area contributed by atoms with Crippen LogP contribution in [0.1, 0.15) is 15.8 Å². The monoisotopic (exact) mass is 376 g/mol. The van der Waals surface area contributed by atoms with Gasteiger partial charge < -0.3 is 4.74 Å². The van der Waals surface area contributed by atoms with E-state index in [4.69, 9.17) is 4.74 Å². The number of thioether (sulfide) groups is 1. The molecule has 24 heavy (non-hydrogen) atoms. The average Bonchev–Trinajstić information content (AvgIpc) is 3.28. The van der Waals surface area contributed by atoms with Crippen molar-refractivity contribution in [3.63, 3.8) is 0 Å². The molecule has 0 fully saturated rings. The van der Waals surface area contributed by atoms with Crippen molar-refractivity contribution in [1.82, 2.24) is 30.0 Å². The number of para-hydroxylation sites is 1. The van der Waals surface area contributed by atoms with Gasteiger partial charge in [-0.3, -0.25) is 0 Å². The molecule has 0 unspecified atom stereocenters. The van der Waals surface area contributed by atoms with Crippen LogP contribution in [-0.4, -0.2) is 30.0 Å². The minimum absolute atomic E-state index is 0.417. The van der Waals surface area contributed by atoms with Crippen LogP contribution < -0.4 is 4.74 Å². The molecular weight excluding hydrogens is 364 g/mol. The zero-order valence-electron chi connectivity index (χ0n) is 12.6. The molecule has 0 spiro atoms. The molecule has 0 aliphatic rings. The molecule has 0 radical (unpaired) electrons. The largest absolute Gasteiger partial charge is 0.486 e. The predicted octanol–water partition coefficient (Wildman–Crippen LogP) is 3.22. The summed E-state index contributed by atoms with van der Waals surface area (Å²) in [5.74, 6) is 2.27. The van der Waals surface area contributed by atoms with Crippen molar-refractivity contribution in [2.24, 2.45) is 0 Å². The SMILES string of the molecule is Cc1nnc(SCc2nnc3sc(COc4ccccc4)nn23)s1. The molecule has 4 aromatic rings. The number of hydrogen-bond acceptors (Lipinski definition) is 9. The van der Waals surface area contributed by atoms with E-state index in [1.807, 2.05) is 37.3 Å². The van der Waals surface area contributed by atoms with E-state index < -0.39 is 0 Å². The Morgan fingerprint density at radius 3 is 2.75 bits per heavy atom. The summed E-state index contributed by atoms with van der Waals surface area (Å²) in [7, 11) is 0. The molecule has 0 atom stereocenters. The molecule has 3 aromatic heterocycles. The fraction of sp³-hybridized carbons (Fsp3) is 0.214. The van der Waals surface area contributed by atoms with E-state index in [0.717, 1.165) is 30.9 Å². The van der Waals surface area contributed by atoms with Gasteiger partial charge in [0, 0.05) is 0 Å². The molecule has 122 valence electrons. The van der Waals surface area contributed by atoms with Gasteiger partial charge >= 0.3 is 0 Å². The van der Waals surface area contributed by atoms with Crippen LogP contribution in [0.2, 0.25) is 0 Å². The molecule has 0 saturated heterocycles. The molecule has 4 rings (SSSR count). The van der Waals surface area contributed by atoms with E-state index in [9.17, 15) is 0 Å². The lowest BCUT2D eigenvalue weighted by atomic mass is 10.3. The molecule has 7 nitrogen and oxygen atoms in total. The molecule has 0 aliphatic heterocycles. The fourth-order valence-corrected chi connectivity index (χ4v) is 4.46. The van der Waals surface area contributed by atoms with Crippen molar-refractivity contribution in [3.8, 4) is 5.75 Å². The Hall–Kier alpha value is -2.04. The Balaban J connectivity index is 1.44. The summed E-state index contributed by atoms with van der Waals surface area (Å²) >= 11 is 4.64. The molecule has 0 aliphatic carbocycles. The van der Waals surface area contributed by atoms with Gasteiger partial charge in [-0.1, -0.05) is 52.6 Å². The van der Waals surface area contributed by atoms with Crippen molar-refractivity contribution in [1.29, 1.82) is 0 Å². The quantitative estimate of drug-likeness (QED) is 0.478. The third-order valence-electron chi connectivity index (χ3n) is 3.04. The van der Waals surface area contributed by atoms with Gasteiger partial charge in [0.2, 0.25) is 4.96 Å². The third kappa shape index (κ3) is 3.40. The smallest absolute Gasteiger partial charge is 0.234 e. The molecule has 0 saturated carbocycles. The number of fused-ring (bicyclic) bond motifs is 1. The maximum Gasteiger partial charge on any atom is 0.234 e. The molecule has 10 heteroatoms. The highest BCUT2D eigenvalue weighted by Gasteiger charge is 2.13. The van der Waals surface area contributed by atoms with Gasteiger partial charge in [0.25, 0.3) is 0 Å². The average molecular weight is 376 g/mol. The second kappa shape index (κ2) is 6.83. The number of aryl methyl sites for hydroxylation is 1. The van der Waals surface area contributed by atoms with Gasteiger partial charge in [0.15, 0.2) is 15.2 Å². The highest BCUT2D eigenvalue weighted by Crippen LogP contribution is 2.26. The van der Waals surface area contributed by atoms with Gasteiger partial charge in [-0.25, -0.2) is 0 Å². The third-order valence-corrected chi connectivity index (χ3v) is 5.88. The minimum atomic E-state index is 0.417. The first-order chi connectivity index (χ1) is 11.8. The summed E-state index contributed by atoms with van der Waals surface area (Å²) in [6.45, 7) is 2.36. The summed E-state index contributed by atoms with van der Waals surface area (Å²) in [6.07, 6.45) is 0. The van der Waals surface area contributed by atoms with E-state index in [2.05, 4.69) is 25.5 Å². The first kappa shape index (κ1) is 15.5. The molecule has 1 aromatic carbocycles. The molecule has 0 bridgehead atoms. The van der Waals surface area contributed by atoms with E-state index in [-0.39, 0.29) is 0 Å². The van der Waals surface area contributed by atoms with Crippen LogP contribution in [0, 0.1) is 6.92 Å². The Kier molecular flexibility index (Phi) is 4.41. The Labute approximate surface area is 149 Å². The highest BCUT2D eigenvalue weighted by molar-refractivity contribution is 8.00. The van der Waals surface area contributed by atoms with E-state index in [0.29, 0.717) is 12.4 Å². The fourth-order valence-electron chi connectivity index (χ4n) is 1.97. The van der Waals surface area contributed by atoms with Crippen molar-refractivity contribution in [3.05, 3.63) is 46.2 Å². The van der Waals surface area contributed by atoms with Crippen LogP contribution in [-0.2, 0) is 12.4 Å². The summed E-state index contributed by atoms with van der Waals surface area (Å²) in [5, 5.41) is 22.8. The lowest BCUT2D eigenvalue weighted by Crippen LogP contribution is -1.98. The first-order valence-electron chi connectivity index (χ1n) is 7.09. The normalized spacial score (nSPS) is 11.2. The van der Waals surface area contributed by atoms with E-state index in [1.54, 1.807) is 27.6 Å². The number of nitrogens with zero attached hydrogens (tertiary/aromatic N) is 6. The highest BCUT2D eigenvalue weighted by atomic mass is 32.2. The summed E-state index contributed by atoms with van der Waals surface area (Å²) in [5.41, 5.74) is 0. The zero-order chi connectivity index (χ0) is 16.4. The molecule has 0 amide bonds. The minimum Gasteiger partial charge on any atom is -0.486 e. The number of aromatic nitrogens is 6. The number of hydrogen-bond donors (Lipinski definition) is 0. The van der Waals surface area contributed by atoms with Crippen LogP contribution >= 0.6 is 34.4 Å². The van der Waals surface area contributed by atoms with Crippen LogP contribution in [0.3, 0.4) is 0 Å². The van der Waals surface area contributed by atoms with Crippen molar-refractivity contribution in [2.75, 3.05) is 0 Å². The van der Waals surface area contributed by atoms with Crippen LogP contribution in [0.15, 0.2) is 34.7 Å². The Morgan fingerprint density at radius 2 is 1.96 bits per heavy atom. The Morgan fingerprint density at radius 1 is 1.08 bits per heavy atom. The predicted molar refractivity (Wildman–Crippen MR) is 93.6 cm³/mol. The summed E-state index contributed by atoms with van der Waals surface area (Å²) in [6, 6.07) is 9.69. The van der Waals surface area contributed by atoms with Gasteiger partial charge in [0.05, 0.1) is 5.75 Å². The van der Waals surface area contributed by atoms with E-state index >= 15 is 0 Å². The standard InChI is InChI=1S/C14H12N6OS3/c1-9-15-18-14(23-9)22-8-11-16-17-13-20(11)19-12(24-13)7-21-10-5-3-2-4-6-10/h2-6H,7-8H2,1H3. The zero-order valence-corrected chi connectivity index (χ0v) is 15.1. The summed E-state index contributed by atoms with van der Waals surface area (Å²) in [4.78, 5) is 0.769. The van der Waals surface area contributed by atoms with Crippen molar-refractivity contribution in [2.45, 2.75) is 23.6 Å². The number of benzene rings is 1. The summed E-state index contributed by atoms with van der Waals surface area (Å²) < 4.78 is 8.42. The Bertz CT molecular complexity index is 948. The van der Waals surface area contributed by atoms with Crippen LogP contribution in [0.5, 0.6) is 5.75 Å². The topological polar surface area (TPSA) is 78.1 Å². The van der Waals surface area contributed by atoms with Gasteiger partial charge in [-0.15, -0.1) is 20.4 Å². The van der Waals surface area contributed by atoms with Gasteiger partial charge in [-0.05, 0) is 19.1 Å². The van der Waals surface area contributed by atoms with E-state index in [1.165, 1.54) is 11.3 Å². The van der Waals surface area contributed by atoms with Gasteiger partial charge in [0.1, 0.15) is 17.4 Å². The van der Waals surface area contributed by atoms with Crippen LogP contribution in [0.25, 0.3) is 4.96 Å². The molecule has 0 N–H and O–H groups in total. The maximum absolute atomic E-state index is 5.73. The van der Waals surface area contributed by atoms with Crippen molar-refractivity contribution >= 4 is 39.4 Å². The lowest BCUT2D eigenvalue weighted by molar-refractivity contribution is 0.304. The number of rotatable bonds is 6. The molecule has 3 heterocycles. The number of ether oxygens (including phenoxy) is 1. The lowest BCUT2D eigenvalue weighted by Gasteiger charge is -2.02. The first-order valence-corrected chi connectivity index (χ1v) is 9.70.